The van der Waals surface area contributed by atoms with Crippen molar-refractivity contribution in [2.45, 2.75) is 45.7 Å². The van der Waals surface area contributed by atoms with Crippen molar-refractivity contribution in [2.24, 2.45) is 0 Å². The summed E-state index contributed by atoms with van der Waals surface area (Å²) >= 11 is 5.90. The molecule has 0 spiro atoms. The number of fused-ring (bicyclic) bond motifs is 1. The molecule has 1 atom stereocenters. The van der Waals surface area contributed by atoms with E-state index in [9.17, 15) is 4.79 Å². The van der Waals surface area contributed by atoms with Crippen molar-refractivity contribution in [3.63, 3.8) is 0 Å². The molecule has 0 radical (unpaired) electrons. The van der Waals surface area contributed by atoms with Crippen molar-refractivity contribution < 1.29 is 14.3 Å². The third kappa shape index (κ3) is 6.79. The average Bonchev–Trinajstić information content (AvgIpc) is 3.27. The van der Waals surface area contributed by atoms with Crippen LogP contribution in [-0.4, -0.2) is 28.7 Å². The molecule has 0 bridgehead atoms. The molecule has 0 saturated heterocycles. The van der Waals surface area contributed by atoms with Crippen LogP contribution in [0.1, 0.15) is 44.1 Å². The highest BCUT2D eigenvalue weighted by atomic mass is 35.5. The van der Waals surface area contributed by atoms with E-state index in [-0.39, 0.29) is 18.6 Å². The average molecular weight is 506 g/mol. The highest BCUT2D eigenvalue weighted by Crippen LogP contribution is 2.22. The summed E-state index contributed by atoms with van der Waals surface area (Å²) in [6.07, 6.45) is 2.87. The summed E-state index contributed by atoms with van der Waals surface area (Å²) in [6, 6.07) is 23.0. The van der Waals surface area contributed by atoms with Crippen molar-refractivity contribution in [2.75, 3.05) is 13.2 Å². The number of amides is 1. The number of hydrogen-bond donors (Lipinski definition) is 1. The zero-order valence-corrected chi connectivity index (χ0v) is 21.5. The molecule has 4 rings (SSSR count). The van der Waals surface area contributed by atoms with E-state index in [1.807, 2.05) is 37.3 Å². The van der Waals surface area contributed by atoms with Gasteiger partial charge in [-0.05, 0) is 80.3 Å². The van der Waals surface area contributed by atoms with Gasteiger partial charge in [0, 0.05) is 11.6 Å². The van der Waals surface area contributed by atoms with Gasteiger partial charge in [-0.1, -0.05) is 42.8 Å². The van der Waals surface area contributed by atoms with Gasteiger partial charge in [0.2, 0.25) is 0 Å². The zero-order chi connectivity index (χ0) is 25.3. The molecule has 0 aliphatic heterocycles. The van der Waals surface area contributed by atoms with Gasteiger partial charge in [0.1, 0.15) is 17.3 Å². The van der Waals surface area contributed by atoms with Crippen LogP contribution >= 0.6 is 11.6 Å². The van der Waals surface area contributed by atoms with Crippen molar-refractivity contribution >= 4 is 28.5 Å². The standard InChI is InChI=1S/C29H32ClN3O3/c1-3-22-10-14-24(15-11-22)35-19-7-6-18-33-27-9-5-4-8-26(27)32-29(33)21(2)31-28(34)20-36-25-16-12-23(30)13-17-25/h4-5,8-17,21H,3,6-7,18-20H2,1-2H3,(H,31,34). The van der Waals surface area contributed by atoms with Crippen LogP contribution in [0.2, 0.25) is 5.02 Å². The summed E-state index contributed by atoms with van der Waals surface area (Å²) in [4.78, 5) is 17.4. The smallest absolute Gasteiger partial charge is 0.258 e. The first kappa shape index (κ1) is 25.6. The molecule has 1 amide bonds. The number of carbonyl (C=O) groups is 1. The number of ether oxygens (including phenoxy) is 2. The molecule has 1 heterocycles. The van der Waals surface area contributed by atoms with Crippen LogP contribution in [0.15, 0.2) is 72.8 Å². The Labute approximate surface area is 217 Å². The normalized spacial score (nSPS) is 11.9. The summed E-state index contributed by atoms with van der Waals surface area (Å²) in [5, 5.41) is 3.64. The zero-order valence-electron chi connectivity index (χ0n) is 20.7. The maximum absolute atomic E-state index is 12.6. The minimum atomic E-state index is -0.271. The number of benzene rings is 3. The van der Waals surface area contributed by atoms with Gasteiger partial charge in [-0.15, -0.1) is 0 Å². The van der Waals surface area contributed by atoms with E-state index in [2.05, 4.69) is 35.0 Å². The fourth-order valence-corrected chi connectivity index (χ4v) is 4.20. The van der Waals surface area contributed by atoms with Crippen LogP contribution in [0.25, 0.3) is 11.0 Å². The number of para-hydroxylation sites is 2. The van der Waals surface area contributed by atoms with Gasteiger partial charge >= 0.3 is 0 Å². The molecule has 1 unspecified atom stereocenters. The van der Waals surface area contributed by atoms with Gasteiger partial charge < -0.3 is 19.4 Å². The number of halogens is 1. The van der Waals surface area contributed by atoms with E-state index >= 15 is 0 Å². The molecule has 0 aliphatic rings. The fraction of sp³-hybridized carbons (Fsp3) is 0.310. The Hall–Kier alpha value is -3.51. The van der Waals surface area contributed by atoms with Gasteiger partial charge in [-0.2, -0.15) is 0 Å². The lowest BCUT2D eigenvalue weighted by molar-refractivity contribution is -0.123. The number of nitrogens with zero attached hydrogens (tertiary/aromatic N) is 2. The summed E-state index contributed by atoms with van der Waals surface area (Å²) in [5.41, 5.74) is 3.28. The number of hydrogen-bond acceptors (Lipinski definition) is 4. The molecule has 188 valence electrons. The molecule has 3 aromatic carbocycles. The Morgan fingerprint density at radius 3 is 2.42 bits per heavy atom. The molecule has 36 heavy (non-hydrogen) atoms. The van der Waals surface area contributed by atoms with E-state index in [1.165, 1.54) is 5.56 Å². The number of aryl methyl sites for hydroxylation is 2. The van der Waals surface area contributed by atoms with Crippen molar-refractivity contribution in [1.82, 2.24) is 14.9 Å². The molecule has 7 heteroatoms. The first-order chi connectivity index (χ1) is 17.5. The molecule has 0 fully saturated rings. The Morgan fingerprint density at radius 1 is 0.972 bits per heavy atom. The second kappa shape index (κ2) is 12.5. The van der Waals surface area contributed by atoms with E-state index in [0.29, 0.717) is 17.4 Å². The molecular weight excluding hydrogens is 474 g/mol. The first-order valence-corrected chi connectivity index (χ1v) is 12.8. The highest BCUT2D eigenvalue weighted by Gasteiger charge is 2.18. The van der Waals surface area contributed by atoms with Crippen LogP contribution in [0.4, 0.5) is 0 Å². The summed E-state index contributed by atoms with van der Waals surface area (Å²) in [6.45, 7) is 5.45. The monoisotopic (exact) mass is 505 g/mol. The number of rotatable bonds is 12. The second-order valence-corrected chi connectivity index (χ2v) is 9.13. The van der Waals surface area contributed by atoms with Crippen LogP contribution in [-0.2, 0) is 17.8 Å². The molecule has 1 aromatic heterocycles. The van der Waals surface area contributed by atoms with Crippen molar-refractivity contribution in [1.29, 1.82) is 0 Å². The second-order valence-electron chi connectivity index (χ2n) is 8.70. The van der Waals surface area contributed by atoms with Gasteiger partial charge in [0.05, 0.1) is 23.7 Å². The van der Waals surface area contributed by atoms with Crippen LogP contribution in [0.3, 0.4) is 0 Å². The number of aromatic nitrogens is 2. The predicted molar refractivity (Wildman–Crippen MR) is 144 cm³/mol. The Kier molecular flexibility index (Phi) is 8.85. The van der Waals surface area contributed by atoms with Crippen LogP contribution in [0, 0.1) is 0 Å². The van der Waals surface area contributed by atoms with E-state index in [1.54, 1.807) is 24.3 Å². The maximum atomic E-state index is 12.6. The first-order valence-electron chi connectivity index (χ1n) is 12.4. The largest absolute Gasteiger partial charge is 0.494 e. The number of unbranched alkanes of at least 4 members (excludes halogenated alkanes) is 1. The lowest BCUT2D eigenvalue weighted by atomic mass is 10.2. The quantitative estimate of drug-likeness (QED) is 0.227. The van der Waals surface area contributed by atoms with E-state index < -0.39 is 0 Å². The van der Waals surface area contributed by atoms with Crippen molar-refractivity contribution in [3.05, 3.63) is 89.2 Å². The maximum Gasteiger partial charge on any atom is 0.258 e. The number of carbonyl (C=O) groups excluding carboxylic acids is 1. The lowest BCUT2D eigenvalue weighted by Gasteiger charge is -2.17. The van der Waals surface area contributed by atoms with Crippen LogP contribution < -0.4 is 14.8 Å². The molecule has 0 saturated carbocycles. The summed E-state index contributed by atoms with van der Waals surface area (Å²) < 4.78 is 13.7. The van der Waals surface area contributed by atoms with Gasteiger partial charge in [-0.25, -0.2) is 4.98 Å². The lowest BCUT2D eigenvalue weighted by Crippen LogP contribution is -2.32. The summed E-state index contributed by atoms with van der Waals surface area (Å²) in [7, 11) is 0. The molecule has 1 N–H and O–H groups in total. The Balaban J connectivity index is 1.33. The van der Waals surface area contributed by atoms with E-state index in [4.69, 9.17) is 26.1 Å². The molecule has 6 nitrogen and oxygen atoms in total. The summed E-state index contributed by atoms with van der Waals surface area (Å²) in [5.74, 6) is 2.11. The predicted octanol–water partition coefficient (Wildman–Crippen LogP) is 6.37. The molecule has 0 aliphatic carbocycles. The van der Waals surface area contributed by atoms with E-state index in [0.717, 1.165) is 48.4 Å². The third-order valence-electron chi connectivity index (χ3n) is 6.01. The Morgan fingerprint density at radius 2 is 1.67 bits per heavy atom. The third-order valence-corrected chi connectivity index (χ3v) is 6.26. The topological polar surface area (TPSA) is 65.4 Å². The fourth-order valence-electron chi connectivity index (χ4n) is 4.07. The number of nitrogens with one attached hydrogen (secondary N) is 1. The Bertz CT molecular complexity index is 1270. The van der Waals surface area contributed by atoms with Gasteiger partial charge in [0.25, 0.3) is 5.91 Å². The van der Waals surface area contributed by atoms with Crippen LogP contribution in [0.5, 0.6) is 11.5 Å². The molecular formula is C29H32ClN3O3. The molecule has 4 aromatic rings. The number of imidazole rings is 1. The van der Waals surface area contributed by atoms with Crippen molar-refractivity contribution in [3.8, 4) is 11.5 Å². The minimum Gasteiger partial charge on any atom is -0.494 e. The highest BCUT2D eigenvalue weighted by molar-refractivity contribution is 6.30. The van der Waals surface area contributed by atoms with Gasteiger partial charge in [0.15, 0.2) is 6.61 Å². The SMILES string of the molecule is CCc1ccc(OCCCCn2c(C(C)NC(=O)COc3ccc(Cl)cc3)nc3ccccc32)cc1. The minimum absolute atomic E-state index is 0.0806. The van der Waals surface area contributed by atoms with Gasteiger partial charge in [-0.3, -0.25) is 4.79 Å².